The highest BCUT2D eigenvalue weighted by Gasteiger charge is 2.40. The number of hydrogen-bond donors (Lipinski definition) is 1. The molecule has 0 bridgehead atoms. The number of ether oxygens (including phenoxy) is 2. The van der Waals surface area contributed by atoms with E-state index in [2.05, 4.69) is 5.43 Å². The molecule has 1 unspecified atom stereocenters. The quantitative estimate of drug-likeness (QED) is 0.448. The van der Waals surface area contributed by atoms with E-state index in [1.807, 2.05) is 0 Å². The van der Waals surface area contributed by atoms with E-state index >= 15 is 0 Å². The van der Waals surface area contributed by atoms with Gasteiger partial charge >= 0.3 is 19.8 Å². The first-order valence-corrected chi connectivity index (χ1v) is 11.2. The van der Waals surface area contributed by atoms with Crippen LogP contribution in [0, 0.1) is 0 Å². The summed E-state index contributed by atoms with van der Waals surface area (Å²) in [6.45, 7) is 14.4. The molecular weight excluding hydrogens is 403 g/mol. The minimum Gasteiger partial charge on any atom is -0.443 e. The van der Waals surface area contributed by atoms with E-state index in [4.69, 9.17) is 18.5 Å². The van der Waals surface area contributed by atoms with Crippen molar-refractivity contribution in [2.24, 2.45) is 0 Å². The van der Waals surface area contributed by atoms with Crippen molar-refractivity contribution in [2.75, 3.05) is 19.4 Å². The van der Waals surface area contributed by atoms with Crippen LogP contribution in [0.25, 0.3) is 0 Å². The summed E-state index contributed by atoms with van der Waals surface area (Å²) in [7, 11) is -3.72. The van der Waals surface area contributed by atoms with Crippen LogP contribution in [0.15, 0.2) is 0 Å². The van der Waals surface area contributed by atoms with Gasteiger partial charge in [0.2, 0.25) is 0 Å². The molecule has 0 aromatic rings. The molecule has 0 heterocycles. The van der Waals surface area contributed by atoms with Gasteiger partial charge in [-0.1, -0.05) is 0 Å². The predicted molar refractivity (Wildman–Crippen MR) is 108 cm³/mol. The fourth-order valence-corrected chi connectivity index (χ4v) is 4.02. The summed E-state index contributed by atoms with van der Waals surface area (Å²) in [5, 5.41) is 0.673. The van der Waals surface area contributed by atoms with Crippen molar-refractivity contribution >= 4 is 25.6 Å². The number of Topliss-reactive ketones (excluding diaryl/α,β-unsaturated/α-hetero) is 1. The molecule has 0 rings (SSSR count). The van der Waals surface area contributed by atoms with E-state index in [1.54, 1.807) is 55.4 Å². The van der Waals surface area contributed by atoms with Gasteiger partial charge in [0, 0.05) is 0 Å². The van der Waals surface area contributed by atoms with Crippen LogP contribution in [0.4, 0.5) is 9.59 Å². The second-order valence-corrected chi connectivity index (χ2v) is 10.3. The maximum atomic E-state index is 12.9. The lowest BCUT2D eigenvalue weighted by Gasteiger charge is -2.33. The van der Waals surface area contributed by atoms with Crippen LogP contribution in [0.1, 0.15) is 62.3 Å². The molecule has 11 heteroatoms. The summed E-state index contributed by atoms with van der Waals surface area (Å²) in [6.07, 6.45) is -2.45. The SMILES string of the molecule is CCOP(=O)(CC(C(C)=O)N(NC(=O)OC(C)(C)C)C(=O)OC(C)(C)C)OCC. The Balaban J connectivity index is 5.91. The van der Waals surface area contributed by atoms with Gasteiger partial charge in [-0.25, -0.2) is 20.0 Å². The molecule has 0 fully saturated rings. The summed E-state index contributed by atoms with van der Waals surface area (Å²) < 4.78 is 33.8. The zero-order chi connectivity index (χ0) is 23.0. The molecule has 1 atom stereocenters. The molecule has 0 aromatic heterocycles. The van der Waals surface area contributed by atoms with Crippen LogP contribution in [-0.2, 0) is 27.9 Å². The van der Waals surface area contributed by atoms with Gasteiger partial charge in [0.1, 0.15) is 17.2 Å². The maximum Gasteiger partial charge on any atom is 0.430 e. The summed E-state index contributed by atoms with van der Waals surface area (Å²) in [5.74, 6) is -0.549. The van der Waals surface area contributed by atoms with Crippen molar-refractivity contribution in [1.82, 2.24) is 10.4 Å². The second-order valence-electron chi connectivity index (χ2n) is 8.22. The largest absolute Gasteiger partial charge is 0.443 e. The third kappa shape index (κ3) is 11.2. The molecule has 0 aromatic carbocycles. The van der Waals surface area contributed by atoms with Crippen molar-refractivity contribution in [3.05, 3.63) is 0 Å². The van der Waals surface area contributed by atoms with Crippen LogP contribution >= 0.6 is 7.60 Å². The first kappa shape index (κ1) is 27.4. The van der Waals surface area contributed by atoms with E-state index < -0.39 is 49.0 Å². The number of hydrazine groups is 1. The van der Waals surface area contributed by atoms with Crippen LogP contribution in [0.3, 0.4) is 0 Å². The van der Waals surface area contributed by atoms with Crippen LogP contribution in [0.5, 0.6) is 0 Å². The molecular formula is C18H35N2O8P. The average Bonchev–Trinajstić information content (AvgIpc) is 2.47. The smallest absolute Gasteiger partial charge is 0.430 e. The fourth-order valence-electron chi connectivity index (χ4n) is 2.10. The van der Waals surface area contributed by atoms with Crippen molar-refractivity contribution in [2.45, 2.75) is 79.6 Å². The average molecular weight is 438 g/mol. The molecule has 29 heavy (non-hydrogen) atoms. The molecule has 0 radical (unpaired) electrons. The normalized spacial score (nSPS) is 13.4. The lowest BCUT2D eigenvalue weighted by molar-refractivity contribution is -0.122. The Morgan fingerprint density at radius 3 is 1.72 bits per heavy atom. The van der Waals surface area contributed by atoms with E-state index in [1.165, 1.54) is 6.92 Å². The predicted octanol–water partition coefficient (Wildman–Crippen LogP) is 3.89. The Morgan fingerprint density at radius 2 is 1.38 bits per heavy atom. The Hall–Kier alpha value is -1.64. The molecule has 0 saturated heterocycles. The molecule has 0 aliphatic carbocycles. The van der Waals surface area contributed by atoms with Crippen molar-refractivity contribution in [3.63, 3.8) is 0 Å². The highest BCUT2D eigenvalue weighted by atomic mass is 31.2. The highest BCUT2D eigenvalue weighted by molar-refractivity contribution is 7.54. The van der Waals surface area contributed by atoms with E-state index in [-0.39, 0.29) is 13.2 Å². The Labute approximate surface area is 173 Å². The number of amides is 2. The fraction of sp³-hybridized carbons (Fsp3) is 0.833. The van der Waals surface area contributed by atoms with Gasteiger partial charge in [0.15, 0.2) is 5.78 Å². The Morgan fingerprint density at radius 1 is 0.931 bits per heavy atom. The minimum absolute atomic E-state index is 0.0772. The summed E-state index contributed by atoms with van der Waals surface area (Å²) in [6, 6.07) is -1.36. The number of rotatable bonds is 8. The van der Waals surface area contributed by atoms with E-state index in [0.29, 0.717) is 5.01 Å². The monoisotopic (exact) mass is 438 g/mol. The van der Waals surface area contributed by atoms with Crippen LogP contribution in [-0.4, -0.2) is 59.6 Å². The summed E-state index contributed by atoms with van der Waals surface area (Å²) >= 11 is 0. The molecule has 0 aliphatic heterocycles. The van der Waals surface area contributed by atoms with Gasteiger partial charge in [0.05, 0.1) is 19.4 Å². The number of hydrogen-bond acceptors (Lipinski definition) is 8. The zero-order valence-corrected chi connectivity index (χ0v) is 19.8. The van der Waals surface area contributed by atoms with Gasteiger partial charge in [0.25, 0.3) is 0 Å². The Kier molecular flexibility index (Phi) is 10.3. The van der Waals surface area contributed by atoms with Gasteiger partial charge in [-0.05, 0) is 62.3 Å². The third-order valence-corrected chi connectivity index (χ3v) is 5.13. The topological polar surface area (TPSA) is 120 Å². The van der Waals surface area contributed by atoms with Crippen LogP contribution in [0.2, 0.25) is 0 Å². The lowest BCUT2D eigenvalue weighted by Crippen LogP contribution is -2.57. The standard InChI is InChI=1S/C18H35N2O8P/c1-10-25-29(24,26-11-2)12-14(13(3)21)20(16(23)28-18(7,8)9)19-15(22)27-17(4,5)6/h14H,10-12H2,1-9H3,(H,19,22). The third-order valence-electron chi connectivity index (χ3n) is 3.03. The van der Waals surface area contributed by atoms with Crippen molar-refractivity contribution in [1.29, 1.82) is 0 Å². The van der Waals surface area contributed by atoms with Gasteiger partial charge in [-0.3, -0.25) is 9.36 Å². The molecule has 1 N–H and O–H groups in total. The summed E-state index contributed by atoms with van der Waals surface area (Å²) in [5.41, 5.74) is 0.476. The Bertz CT molecular complexity index is 614. The molecule has 2 amide bonds. The first-order chi connectivity index (χ1) is 13.0. The van der Waals surface area contributed by atoms with E-state index in [9.17, 15) is 18.9 Å². The number of nitrogens with zero attached hydrogens (tertiary/aromatic N) is 1. The molecule has 0 spiro atoms. The highest BCUT2D eigenvalue weighted by Crippen LogP contribution is 2.49. The van der Waals surface area contributed by atoms with Gasteiger partial charge < -0.3 is 18.5 Å². The lowest BCUT2D eigenvalue weighted by atomic mass is 10.2. The van der Waals surface area contributed by atoms with Gasteiger partial charge in [-0.15, -0.1) is 0 Å². The maximum absolute atomic E-state index is 12.9. The van der Waals surface area contributed by atoms with Crippen molar-refractivity contribution < 1.29 is 37.5 Å². The zero-order valence-electron chi connectivity index (χ0n) is 18.9. The number of carbonyl (C=O) groups is 3. The minimum atomic E-state index is -3.72. The molecule has 0 saturated carbocycles. The number of nitrogens with one attached hydrogen (secondary N) is 1. The van der Waals surface area contributed by atoms with Gasteiger partial charge in [-0.2, -0.15) is 0 Å². The molecule has 10 nitrogen and oxygen atoms in total. The van der Waals surface area contributed by atoms with E-state index in [0.717, 1.165) is 0 Å². The molecule has 170 valence electrons. The van der Waals surface area contributed by atoms with Crippen LogP contribution < -0.4 is 5.43 Å². The second kappa shape index (κ2) is 10.9. The summed E-state index contributed by atoms with van der Waals surface area (Å²) in [4.78, 5) is 37.3. The molecule has 0 aliphatic rings. The number of carbonyl (C=O) groups excluding carboxylic acids is 3. The number of ketones is 1. The first-order valence-electron chi connectivity index (χ1n) is 9.44. The van der Waals surface area contributed by atoms with Crippen molar-refractivity contribution in [3.8, 4) is 0 Å².